The van der Waals surface area contributed by atoms with E-state index in [0.717, 1.165) is 12.4 Å². The van der Waals surface area contributed by atoms with Crippen LogP contribution in [0.15, 0.2) is 24.7 Å². The summed E-state index contributed by atoms with van der Waals surface area (Å²) >= 11 is 0. The first-order chi connectivity index (χ1) is 13.3. The van der Waals surface area contributed by atoms with Crippen molar-refractivity contribution in [3.05, 3.63) is 53.4 Å². The van der Waals surface area contributed by atoms with Gasteiger partial charge in [-0.05, 0) is 19.9 Å². The van der Waals surface area contributed by atoms with Crippen LogP contribution in [-0.2, 0) is 7.05 Å². The maximum Gasteiger partial charge on any atom is 0.276 e. The van der Waals surface area contributed by atoms with Crippen molar-refractivity contribution in [2.24, 2.45) is 7.05 Å². The molecule has 7 nitrogen and oxygen atoms in total. The molecule has 0 saturated carbocycles. The van der Waals surface area contributed by atoms with E-state index in [-0.39, 0.29) is 23.7 Å². The van der Waals surface area contributed by atoms with Crippen LogP contribution >= 0.6 is 0 Å². The lowest BCUT2D eigenvalue weighted by atomic mass is 10.1. The van der Waals surface area contributed by atoms with Crippen molar-refractivity contribution in [1.82, 2.24) is 19.7 Å². The molecule has 10 heteroatoms. The Morgan fingerprint density at radius 2 is 1.89 bits per heavy atom. The summed E-state index contributed by atoms with van der Waals surface area (Å²) in [5.41, 5.74) is 0.322. The summed E-state index contributed by atoms with van der Waals surface area (Å²) in [5.74, 6) is -3.60. The predicted octanol–water partition coefficient (Wildman–Crippen LogP) is 3.25. The van der Waals surface area contributed by atoms with Crippen molar-refractivity contribution in [1.29, 1.82) is 0 Å². The molecule has 3 aromatic heterocycles. The van der Waals surface area contributed by atoms with Crippen molar-refractivity contribution >= 4 is 11.6 Å². The molecule has 0 spiro atoms. The molecule has 3 heterocycles. The molecule has 0 aliphatic heterocycles. The van der Waals surface area contributed by atoms with E-state index in [0.29, 0.717) is 11.3 Å². The van der Waals surface area contributed by atoms with Gasteiger partial charge in [-0.2, -0.15) is 5.10 Å². The number of aromatic nitrogens is 4. The molecule has 1 N–H and O–H groups in total. The largest absolute Gasteiger partial charge is 0.476 e. The molecule has 3 aromatic rings. The average Bonchev–Trinajstić information content (AvgIpc) is 3.04. The van der Waals surface area contributed by atoms with Crippen LogP contribution in [0.3, 0.4) is 0 Å². The van der Waals surface area contributed by atoms with Gasteiger partial charge in [0.15, 0.2) is 23.1 Å². The van der Waals surface area contributed by atoms with Crippen LogP contribution in [0.5, 0.6) is 5.88 Å². The molecular formula is C18H16F3N5O2. The zero-order valence-corrected chi connectivity index (χ0v) is 15.3. The highest BCUT2D eigenvalue weighted by molar-refractivity contribution is 6.03. The first-order valence-corrected chi connectivity index (χ1v) is 8.26. The SMILES string of the molecule is CCOc1ncc(-c2cc(C(=O)Nc3c(F)cncc3F)nn2C)c(C)c1F. The number of hydrogen-bond acceptors (Lipinski definition) is 5. The van der Waals surface area contributed by atoms with Gasteiger partial charge in [-0.3, -0.25) is 14.5 Å². The molecular weight excluding hydrogens is 375 g/mol. The van der Waals surface area contributed by atoms with Crippen molar-refractivity contribution in [3.63, 3.8) is 0 Å². The molecule has 0 aromatic carbocycles. The molecule has 146 valence electrons. The van der Waals surface area contributed by atoms with Crippen LogP contribution < -0.4 is 10.1 Å². The Morgan fingerprint density at radius 3 is 2.54 bits per heavy atom. The van der Waals surface area contributed by atoms with E-state index in [4.69, 9.17) is 4.74 Å². The summed E-state index contributed by atoms with van der Waals surface area (Å²) in [6.45, 7) is 3.52. The third-order valence-electron chi connectivity index (χ3n) is 3.99. The number of anilines is 1. The van der Waals surface area contributed by atoms with Gasteiger partial charge in [0, 0.05) is 24.4 Å². The zero-order chi connectivity index (χ0) is 20.4. The summed E-state index contributed by atoms with van der Waals surface area (Å²) < 4.78 is 48.2. The second-order valence-corrected chi connectivity index (χ2v) is 5.82. The van der Waals surface area contributed by atoms with Crippen molar-refractivity contribution < 1.29 is 22.7 Å². The maximum absolute atomic E-state index is 14.4. The fourth-order valence-corrected chi connectivity index (χ4v) is 2.59. The monoisotopic (exact) mass is 391 g/mol. The number of ether oxygens (including phenoxy) is 1. The van der Waals surface area contributed by atoms with Gasteiger partial charge in [0.25, 0.3) is 11.8 Å². The van der Waals surface area contributed by atoms with Gasteiger partial charge in [0.05, 0.1) is 24.7 Å². The second kappa shape index (κ2) is 7.67. The molecule has 0 bridgehead atoms. The van der Waals surface area contributed by atoms with Gasteiger partial charge >= 0.3 is 0 Å². The number of carbonyl (C=O) groups excluding carboxylic acids is 1. The minimum atomic E-state index is -1.02. The Labute approximate surface area is 158 Å². The molecule has 0 aliphatic rings. The van der Waals surface area contributed by atoms with E-state index in [1.165, 1.54) is 16.9 Å². The van der Waals surface area contributed by atoms with E-state index in [9.17, 15) is 18.0 Å². The van der Waals surface area contributed by atoms with E-state index < -0.39 is 29.0 Å². The zero-order valence-electron chi connectivity index (χ0n) is 15.3. The summed E-state index contributed by atoms with van der Waals surface area (Å²) in [7, 11) is 1.55. The van der Waals surface area contributed by atoms with Crippen molar-refractivity contribution in [3.8, 4) is 17.1 Å². The van der Waals surface area contributed by atoms with E-state index in [1.807, 2.05) is 0 Å². The van der Waals surface area contributed by atoms with Crippen LogP contribution in [0.25, 0.3) is 11.3 Å². The van der Waals surface area contributed by atoms with Crippen molar-refractivity contribution in [2.45, 2.75) is 13.8 Å². The minimum absolute atomic E-state index is 0.109. The molecule has 1 amide bonds. The first-order valence-electron chi connectivity index (χ1n) is 8.26. The second-order valence-electron chi connectivity index (χ2n) is 5.82. The lowest BCUT2D eigenvalue weighted by Crippen LogP contribution is -2.15. The lowest BCUT2D eigenvalue weighted by molar-refractivity contribution is 0.102. The maximum atomic E-state index is 14.4. The summed E-state index contributed by atoms with van der Waals surface area (Å²) in [6.07, 6.45) is 2.96. The highest BCUT2D eigenvalue weighted by Crippen LogP contribution is 2.29. The number of pyridine rings is 2. The Hall–Kier alpha value is -3.43. The summed E-state index contributed by atoms with van der Waals surface area (Å²) in [5, 5.41) is 6.16. The van der Waals surface area contributed by atoms with E-state index in [2.05, 4.69) is 20.4 Å². The standard InChI is InChI=1S/C18H16F3N5O2/c1-4-28-18-15(21)9(2)10(6-23-18)14-5-13(25-26(14)3)17(27)24-16-11(19)7-22-8-12(16)20/h5-8H,4H2,1-3H3,(H,22,24,27). The average molecular weight is 391 g/mol. The number of nitrogens with one attached hydrogen (secondary N) is 1. The highest BCUT2D eigenvalue weighted by Gasteiger charge is 2.21. The number of rotatable bonds is 5. The van der Waals surface area contributed by atoms with Crippen molar-refractivity contribution in [2.75, 3.05) is 11.9 Å². The molecule has 3 rings (SSSR count). The van der Waals surface area contributed by atoms with Gasteiger partial charge in [-0.25, -0.2) is 18.2 Å². The molecule has 28 heavy (non-hydrogen) atoms. The van der Waals surface area contributed by atoms with Crippen LogP contribution in [-0.4, -0.2) is 32.3 Å². The van der Waals surface area contributed by atoms with Crippen LogP contribution in [0.4, 0.5) is 18.9 Å². The molecule has 0 saturated heterocycles. The number of carbonyl (C=O) groups is 1. The fourth-order valence-electron chi connectivity index (χ4n) is 2.59. The summed E-state index contributed by atoms with van der Waals surface area (Å²) in [6, 6.07) is 1.37. The lowest BCUT2D eigenvalue weighted by Gasteiger charge is -2.10. The fraction of sp³-hybridized carbons (Fsp3) is 0.222. The molecule has 0 aliphatic carbocycles. The Balaban J connectivity index is 1.94. The highest BCUT2D eigenvalue weighted by atomic mass is 19.1. The summed E-state index contributed by atoms with van der Waals surface area (Å²) in [4.78, 5) is 19.6. The number of aryl methyl sites for hydroxylation is 1. The van der Waals surface area contributed by atoms with Gasteiger partial charge in [0.2, 0.25) is 0 Å². The third-order valence-corrected chi connectivity index (χ3v) is 3.99. The Bertz CT molecular complexity index is 1030. The topological polar surface area (TPSA) is 81.9 Å². The molecule has 0 radical (unpaired) electrons. The normalized spacial score (nSPS) is 10.8. The van der Waals surface area contributed by atoms with E-state index >= 15 is 0 Å². The molecule has 0 atom stereocenters. The van der Waals surface area contributed by atoms with Gasteiger partial charge < -0.3 is 10.1 Å². The van der Waals surface area contributed by atoms with Gasteiger partial charge in [0.1, 0.15) is 5.69 Å². The van der Waals surface area contributed by atoms with Crippen LogP contribution in [0.2, 0.25) is 0 Å². The smallest absolute Gasteiger partial charge is 0.276 e. The van der Waals surface area contributed by atoms with Crippen LogP contribution in [0.1, 0.15) is 23.0 Å². The minimum Gasteiger partial charge on any atom is -0.476 e. The molecule has 0 fully saturated rings. The number of nitrogens with zero attached hydrogens (tertiary/aromatic N) is 4. The van der Waals surface area contributed by atoms with Gasteiger partial charge in [-0.15, -0.1) is 0 Å². The number of hydrogen-bond donors (Lipinski definition) is 1. The third kappa shape index (κ3) is 3.53. The van der Waals surface area contributed by atoms with E-state index in [1.54, 1.807) is 20.9 Å². The number of halogens is 3. The van der Waals surface area contributed by atoms with Gasteiger partial charge in [-0.1, -0.05) is 0 Å². The predicted molar refractivity (Wildman–Crippen MR) is 94.4 cm³/mol. The first kappa shape index (κ1) is 19.3. The Kier molecular flexibility index (Phi) is 5.30. The number of amides is 1. The Morgan fingerprint density at radius 1 is 1.21 bits per heavy atom. The molecule has 0 unspecified atom stereocenters. The van der Waals surface area contributed by atoms with Crippen LogP contribution in [0, 0.1) is 24.4 Å². The quantitative estimate of drug-likeness (QED) is 0.722.